The van der Waals surface area contributed by atoms with Crippen molar-refractivity contribution in [3.8, 4) is 6.07 Å². The highest BCUT2D eigenvalue weighted by molar-refractivity contribution is 5.95. The molecule has 0 aromatic heterocycles. The first kappa shape index (κ1) is 24.3. The molecule has 0 spiro atoms. The molecule has 0 unspecified atom stereocenters. The molecule has 188 valence electrons. The van der Waals surface area contributed by atoms with Crippen LogP contribution in [0.2, 0.25) is 0 Å². The van der Waals surface area contributed by atoms with Crippen LogP contribution >= 0.6 is 0 Å². The molecule has 3 aliphatic rings. The number of ether oxygens (including phenoxy) is 1. The van der Waals surface area contributed by atoms with Crippen LogP contribution in [0.4, 0.5) is 10.1 Å². The number of benzene rings is 2. The van der Waals surface area contributed by atoms with Crippen LogP contribution < -0.4 is 10.6 Å². The summed E-state index contributed by atoms with van der Waals surface area (Å²) in [6.45, 7) is 1.24. The van der Waals surface area contributed by atoms with Gasteiger partial charge in [-0.3, -0.25) is 9.59 Å². The number of para-hydroxylation sites is 1. The molecule has 0 radical (unpaired) electrons. The SMILES string of the molecule is COC[C@@H]1Nc2ccccc2[C@H]2[C@H]1CCN2C(=O)[C@H]1CCCC[C@H]1NC(=O)c1ccc(C#N)c(F)c1. The zero-order valence-corrected chi connectivity index (χ0v) is 20.4. The number of hydrogen-bond acceptors (Lipinski definition) is 5. The van der Waals surface area contributed by atoms with E-state index >= 15 is 0 Å². The Morgan fingerprint density at radius 3 is 2.78 bits per heavy atom. The van der Waals surface area contributed by atoms with E-state index in [-0.39, 0.29) is 47.0 Å². The van der Waals surface area contributed by atoms with Crippen LogP contribution in [-0.2, 0) is 9.53 Å². The maximum atomic E-state index is 14.1. The molecule has 2 heterocycles. The fourth-order valence-electron chi connectivity index (χ4n) is 6.23. The highest BCUT2D eigenvalue weighted by Crippen LogP contribution is 2.47. The van der Waals surface area contributed by atoms with Gasteiger partial charge >= 0.3 is 0 Å². The average Bonchev–Trinajstić information content (AvgIpc) is 3.35. The lowest BCUT2D eigenvalue weighted by Gasteiger charge is -2.41. The monoisotopic (exact) mass is 490 g/mol. The first-order chi connectivity index (χ1) is 17.5. The van der Waals surface area contributed by atoms with Crippen molar-refractivity contribution in [1.29, 1.82) is 5.26 Å². The summed E-state index contributed by atoms with van der Waals surface area (Å²) in [4.78, 5) is 29.0. The zero-order chi connectivity index (χ0) is 25.2. The number of hydrogen-bond donors (Lipinski definition) is 2. The lowest BCUT2D eigenvalue weighted by atomic mass is 9.81. The molecule has 36 heavy (non-hydrogen) atoms. The molecular formula is C28H31FN4O3. The topological polar surface area (TPSA) is 94.5 Å². The summed E-state index contributed by atoms with van der Waals surface area (Å²) in [5.41, 5.74) is 2.22. The van der Waals surface area contributed by atoms with Gasteiger partial charge in [0.25, 0.3) is 5.91 Å². The van der Waals surface area contributed by atoms with E-state index in [0.29, 0.717) is 26.0 Å². The number of nitrogens with one attached hydrogen (secondary N) is 2. The van der Waals surface area contributed by atoms with Crippen molar-refractivity contribution in [3.05, 3.63) is 65.0 Å². The van der Waals surface area contributed by atoms with E-state index in [1.165, 1.54) is 12.1 Å². The Balaban J connectivity index is 1.37. The number of nitriles is 1. The minimum absolute atomic E-state index is 0.0269. The van der Waals surface area contributed by atoms with Gasteiger partial charge in [0.15, 0.2) is 0 Å². The second kappa shape index (κ2) is 10.3. The van der Waals surface area contributed by atoms with E-state index in [2.05, 4.69) is 22.8 Å². The van der Waals surface area contributed by atoms with E-state index in [1.54, 1.807) is 13.2 Å². The first-order valence-electron chi connectivity index (χ1n) is 12.7. The number of fused-ring (bicyclic) bond motifs is 3. The van der Waals surface area contributed by atoms with Crippen molar-refractivity contribution in [2.45, 2.75) is 50.2 Å². The van der Waals surface area contributed by atoms with Crippen molar-refractivity contribution in [2.24, 2.45) is 11.8 Å². The summed E-state index contributed by atoms with van der Waals surface area (Å²) >= 11 is 0. The molecule has 0 bridgehead atoms. The molecule has 1 saturated heterocycles. The first-order valence-corrected chi connectivity index (χ1v) is 12.7. The van der Waals surface area contributed by atoms with Crippen LogP contribution in [0.15, 0.2) is 42.5 Å². The molecule has 2 aromatic rings. The molecule has 2 fully saturated rings. The van der Waals surface area contributed by atoms with Gasteiger partial charge in [-0.15, -0.1) is 0 Å². The van der Waals surface area contributed by atoms with Gasteiger partial charge in [-0.1, -0.05) is 31.0 Å². The summed E-state index contributed by atoms with van der Waals surface area (Å²) in [5, 5.41) is 15.6. The van der Waals surface area contributed by atoms with Crippen LogP contribution in [-0.4, -0.2) is 49.1 Å². The Bertz CT molecular complexity index is 1200. The van der Waals surface area contributed by atoms with E-state index < -0.39 is 11.7 Å². The minimum atomic E-state index is -0.722. The van der Waals surface area contributed by atoms with Crippen molar-refractivity contribution in [1.82, 2.24) is 10.2 Å². The number of halogens is 1. The standard InChI is InChI=1S/C28H31FN4O3/c1-36-16-25-20-12-13-33(26(20)19-6-2-4-8-23(19)31-25)28(35)21-7-3-5-9-24(21)32-27(34)17-10-11-18(15-30)22(29)14-17/h2,4,6,8,10-11,14,20-21,24-26,31H,3,5,7,9,12-13,16H2,1H3,(H,32,34)/t20-,21-,24+,25-,26-/m0/s1. The molecule has 2 aromatic carbocycles. The summed E-state index contributed by atoms with van der Waals surface area (Å²) in [7, 11) is 1.70. The van der Waals surface area contributed by atoms with Gasteiger partial charge in [-0.05, 0) is 49.1 Å². The normalized spacial score (nSPS) is 26.8. The third kappa shape index (κ3) is 4.44. The minimum Gasteiger partial charge on any atom is -0.383 e. The van der Waals surface area contributed by atoms with Crippen molar-refractivity contribution < 1.29 is 18.7 Å². The van der Waals surface area contributed by atoms with Gasteiger partial charge in [-0.25, -0.2) is 4.39 Å². The highest BCUT2D eigenvalue weighted by atomic mass is 19.1. The van der Waals surface area contributed by atoms with E-state index in [4.69, 9.17) is 10.00 Å². The van der Waals surface area contributed by atoms with E-state index in [9.17, 15) is 14.0 Å². The fraction of sp³-hybridized carbons (Fsp3) is 0.464. The molecule has 8 heteroatoms. The van der Waals surface area contributed by atoms with Crippen LogP contribution in [0, 0.1) is 29.0 Å². The Labute approximate surface area is 210 Å². The largest absolute Gasteiger partial charge is 0.383 e. The fourth-order valence-corrected chi connectivity index (χ4v) is 6.23. The number of amides is 2. The maximum Gasteiger partial charge on any atom is 0.251 e. The molecule has 5 rings (SSSR count). The van der Waals surface area contributed by atoms with Crippen molar-refractivity contribution in [2.75, 3.05) is 25.6 Å². The molecule has 1 saturated carbocycles. The number of nitrogens with zero attached hydrogens (tertiary/aromatic N) is 2. The molecule has 1 aliphatic carbocycles. The maximum absolute atomic E-state index is 14.1. The summed E-state index contributed by atoms with van der Waals surface area (Å²) < 4.78 is 19.6. The summed E-state index contributed by atoms with van der Waals surface area (Å²) in [5.74, 6) is -1.14. The second-order valence-corrected chi connectivity index (χ2v) is 10.00. The van der Waals surface area contributed by atoms with Gasteiger partial charge in [0, 0.05) is 36.9 Å². The lowest BCUT2D eigenvalue weighted by Crippen LogP contribution is -2.50. The molecule has 2 amide bonds. The van der Waals surface area contributed by atoms with Gasteiger partial charge in [0.1, 0.15) is 11.9 Å². The third-order valence-electron chi connectivity index (χ3n) is 7.96. The highest BCUT2D eigenvalue weighted by Gasteiger charge is 2.48. The average molecular weight is 491 g/mol. The zero-order valence-electron chi connectivity index (χ0n) is 20.4. The molecule has 7 nitrogen and oxygen atoms in total. The van der Waals surface area contributed by atoms with Gasteiger partial charge < -0.3 is 20.3 Å². The summed E-state index contributed by atoms with van der Waals surface area (Å²) in [6, 6.07) is 13.5. The third-order valence-corrected chi connectivity index (χ3v) is 7.96. The molecule has 2 N–H and O–H groups in total. The number of anilines is 1. The second-order valence-electron chi connectivity index (χ2n) is 10.00. The molecular weight excluding hydrogens is 459 g/mol. The van der Waals surface area contributed by atoms with Crippen LogP contribution in [0.5, 0.6) is 0 Å². The van der Waals surface area contributed by atoms with Gasteiger partial charge in [0.05, 0.1) is 30.2 Å². The van der Waals surface area contributed by atoms with E-state index in [0.717, 1.165) is 36.6 Å². The Hall–Kier alpha value is -3.44. The van der Waals surface area contributed by atoms with Gasteiger partial charge in [0.2, 0.25) is 5.91 Å². The number of carbonyl (C=O) groups excluding carboxylic acids is 2. The number of rotatable bonds is 5. The number of carbonyl (C=O) groups is 2. The molecule has 5 atom stereocenters. The number of methoxy groups -OCH3 is 1. The smallest absolute Gasteiger partial charge is 0.251 e. The lowest BCUT2D eigenvalue weighted by molar-refractivity contribution is -0.139. The predicted molar refractivity (Wildman–Crippen MR) is 133 cm³/mol. The Morgan fingerprint density at radius 2 is 2.00 bits per heavy atom. The van der Waals surface area contributed by atoms with Gasteiger partial charge in [-0.2, -0.15) is 5.26 Å². The molecule has 2 aliphatic heterocycles. The van der Waals surface area contributed by atoms with Crippen molar-refractivity contribution >= 4 is 17.5 Å². The van der Waals surface area contributed by atoms with Crippen LogP contribution in [0.3, 0.4) is 0 Å². The van der Waals surface area contributed by atoms with E-state index in [1.807, 2.05) is 17.0 Å². The summed E-state index contributed by atoms with van der Waals surface area (Å²) in [6.07, 6.45) is 4.15. The predicted octanol–water partition coefficient (Wildman–Crippen LogP) is 4.02. The number of likely N-dealkylation sites (tertiary alicyclic amines) is 1. The quantitative estimate of drug-likeness (QED) is 0.660. The van der Waals surface area contributed by atoms with Crippen molar-refractivity contribution in [3.63, 3.8) is 0 Å². The van der Waals surface area contributed by atoms with Crippen LogP contribution in [0.1, 0.15) is 59.6 Å². The van der Waals surface area contributed by atoms with Crippen LogP contribution in [0.25, 0.3) is 0 Å². The Kier molecular flexibility index (Phi) is 6.92. The Morgan fingerprint density at radius 1 is 1.19 bits per heavy atom.